The molecule has 1 N–H and O–H groups in total. The minimum Gasteiger partial charge on any atom is -0.347 e. The molecule has 0 aromatic heterocycles. The topological polar surface area (TPSA) is 30.5 Å². The Kier molecular flexibility index (Phi) is 4.11. The molecule has 1 aliphatic carbocycles. The average molecular weight is 275 g/mol. The molecule has 1 saturated carbocycles. The predicted octanol–water partition coefficient (Wildman–Crippen LogP) is 3.08. The Hall–Kier alpha value is -0.900. The molecule has 1 atom stereocenters. The van der Waals surface area contributed by atoms with Crippen LogP contribution < -0.4 is 5.32 Å². The summed E-state index contributed by atoms with van der Waals surface area (Å²) in [5, 5.41) is 3.51. The zero-order valence-electron chi connectivity index (χ0n) is 12.6. The summed E-state index contributed by atoms with van der Waals surface area (Å²) < 4.78 is 12.0. The fourth-order valence-corrected chi connectivity index (χ4v) is 3.26. The maximum atomic E-state index is 6.12. The fourth-order valence-electron chi connectivity index (χ4n) is 3.26. The van der Waals surface area contributed by atoms with Crippen LogP contribution in [0.4, 0.5) is 0 Å². The van der Waals surface area contributed by atoms with E-state index in [1.54, 1.807) is 0 Å². The van der Waals surface area contributed by atoms with E-state index >= 15 is 0 Å². The highest BCUT2D eigenvalue weighted by atomic mass is 16.7. The van der Waals surface area contributed by atoms with Crippen molar-refractivity contribution in [3.8, 4) is 0 Å². The Morgan fingerprint density at radius 1 is 1.25 bits per heavy atom. The average Bonchev–Trinajstić information content (AvgIpc) is 3.06. The molecule has 0 amide bonds. The van der Waals surface area contributed by atoms with Crippen molar-refractivity contribution in [1.29, 1.82) is 0 Å². The number of hydrogen-bond donors (Lipinski definition) is 1. The number of rotatable bonds is 4. The van der Waals surface area contributed by atoms with E-state index in [9.17, 15) is 0 Å². The summed E-state index contributed by atoms with van der Waals surface area (Å²) in [5.74, 6) is -0.231. The van der Waals surface area contributed by atoms with Crippen LogP contribution in [-0.2, 0) is 16.0 Å². The summed E-state index contributed by atoms with van der Waals surface area (Å²) in [5.41, 5.74) is 4.12. The standard InChI is InChI=1S/C17H25NO2/c1-13-6-5-7-15(14(13)2)10-18-11-16-12-19-17(20-16)8-3-4-9-17/h5-7,16,18H,3-4,8-12H2,1-2H3/t16-/m0/s1. The number of aryl methyl sites for hydroxylation is 1. The molecule has 3 nitrogen and oxygen atoms in total. The Bertz CT molecular complexity index is 466. The van der Waals surface area contributed by atoms with E-state index in [1.807, 2.05) is 0 Å². The molecule has 0 unspecified atom stereocenters. The SMILES string of the molecule is Cc1cccc(CNC[C@H]2COC3(CCCC3)O2)c1C. The van der Waals surface area contributed by atoms with Crippen LogP contribution in [0.25, 0.3) is 0 Å². The molecule has 1 aliphatic heterocycles. The number of hydrogen-bond acceptors (Lipinski definition) is 3. The molecule has 1 aromatic carbocycles. The molecule has 0 radical (unpaired) electrons. The second-order valence-electron chi connectivity index (χ2n) is 6.16. The maximum Gasteiger partial charge on any atom is 0.168 e. The molecule has 110 valence electrons. The van der Waals surface area contributed by atoms with Crippen LogP contribution in [0.1, 0.15) is 42.4 Å². The van der Waals surface area contributed by atoms with E-state index in [4.69, 9.17) is 9.47 Å². The Morgan fingerprint density at radius 3 is 2.85 bits per heavy atom. The highest BCUT2D eigenvalue weighted by Crippen LogP contribution is 2.38. The van der Waals surface area contributed by atoms with E-state index in [0.717, 1.165) is 32.5 Å². The monoisotopic (exact) mass is 275 g/mol. The normalized spacial score (nSPS) is 24.6. The number of ether oxygens (including phenoxy) is 2. The van der Waals surface area contributed by atoms with Gasteiger partial charge in [0.05, 0.1) is 12.7 Å². The van der Waals surface area contributed by atoms with Crippen LogP contribution in [0.2, 0.25) is 0 Å². The van der Waals surface area contributed by atoms with Gasteiger partial charge in [0.25, 0.3) is 0 Å². The van der Waals surface area contributed by atoms with Gasteiger partial charge in [-0.15, -0.1) is 0 Å². The van der Waals surface area contributed by atoms with Gasteiger partial charge in [0, 0.05) is 25.9 Å². The Balaban J connectivity index is 1.48. The van der Waals surface area contributed by atoms with Gasteiger partial charge in [-0.1, -0.05) is 18.2 Å². The summed E-state index contributed by atoms with van der Waals surface area (Å²) in [6.07, 6.45) is 4.82. The van der Waals surface area contributed by atoms with E-state index < -0.39 is 0 Å². The molecule has 0 bridgehead atoms. The first-order valence-electron chi connectivity index (χ1n) is 7.76. The molecule has 2 aliphatic rings. The van der Waals surface area contributed by atoms with Crippen molar-refractivity contribution in [3.05, 3.63) is 34.9 Å². The van der Waals surface area contributed by atoms with Gasteiger partial charge >= 0.3 is 0 Å². The Morgan fingerprint density at radius 2 is 2.05 bits per heavy atom. The molecule has 3 rings (SSSR count). The lowest BCUT2D eigenvalue weighted by molar-refractivity contribution is -0.161. The molecule has 2 fully saturated rings. The largest absolute Gasteiger partial charge is 0.347 e. The van der Waals surface area contributed by atoms with Gasteiger partial charge in [0.1, 0.15) is 0 Å². The smallest absolute Gasteiger partial charge is 0.168 e. The number of nitrogens with one attached hydrogen (secondary N) is 1. The van der Waals surface area contributed by atoms with Crippen LogP contribution in [0, 0.1) is 13.8 Å². The molecular formula is C17H25NO2. The van der Waals surface area contributed by atoms with Gasteiger partial charge in [-0.3, -0.25) is 0 Å². The Labute approximate surface area is 121 Å². The van der Waals surface area contributed by atoms with Crippen molar-refractivity contribution in [1.82, 2.24) is 5.32 Å². The molecule has 20 heavy (non-hydrogen) atoms. The maximum absolute atomic E-state index is 6.12. The molecule has 1 spiro atoms. The van der Waals surface area contributed by atoms with Gasteiger partial charge < -0.3 is 14.8 Å². The van der Waals surface area contributed by atoms with E-state index in [1.165, 1.54) is 29.5 Å². The lowest BCUT2D eigenvalue weighted by Crippen LogP contribution is -2.31. The van der Waals surface area contributed by atoms with Gasteiger partial charge in [0.2, 0.25) is 0 Å². The van der Waals surface area contributed by atoms with Crippen molar-refractivity contribution >= 4 is 0 Å². The third-order valence-electron chi connectivity index (χ3n) is 4.68. The third kappa shape index (κ3) is 2.90. The van der Waals surface area contributed by atoms with Crippen LogP contribution in [0.15, 0.2) is 18.2 Å². The van der Waals surface area contributed by atoms with Crippen LogP contribution in [0.5, 0.6) is 0 Å². The van der Waals surface area contributed by atoms with Crippen molar-refractivity contribution in [2.45, 2.75) is 58.0 Å². The predicted molar refractivity (Wildman–Crippen MR) is 79.6 cm³/mol. The van der Waals surface area contributed by atoms with Crippen LogP contribution in [-0.4, -0.2) is 25.0 Å². The van der Waals surface area contributed by atoms with Gasteiger partial charge in [-0.05, 0) is 43.4 Å². The third-order valence-corrected chi connectivity index (χ3v) is 4.68. The molecule has 1 aromatic rings. The van der Waals surface area contributed by atoms with Crippen LogP contribution in [0.3, 0.4) is 0 Å². The lowest BCUT2D eigenvalue weighted by atomic mass is 10.0. The van der Waals surface area contributed by atoms with Crippen molar-refractivity contribution in [2.24, 2.45) is 0 Å². The summed E-state index contributed by atoms with van der Waals surface area (Å²) in [6, 6.07) is 6.48. The van der Waals surface area contributed by atoms with E-state index in [2.05, 4.69) is 37.4 Å². The summed E-state index contributed by atoms with van der Waals surface area (Å²) in [6.45, 7) is 6.86. The first-order valence-corrected chi connectivity index (χ1v) is 7.76. The lowest BCUT2D eigenvalue weighted by Gasteiger charge is -2.22. The molecule has 1 heterocycles. The zero-order chi connectivity index (χ0) is 14.0. The quantitative estimate of drug-likeness (QED) is 0.916. The second-order valence-corrected chi connectivity index (χ2v) is 6.16. The van der Waals surface area contributed by atoms with Gasteiger partial charge in [-0.25, -0.2) is 0 Å². The summed E-state index contributed by atoms with van der Waals surface area (Å²) >= 11 is 0. The zero-order valence-corrected chi connectivity index (χ0v) is 12.6. The minimum absolute atomic E-state index is 0.207. The second kappa shape index (κ2) is 5.84. The summed E-state index contributed by atoms with van der Waals surface area (Å²) in [4.78, 5) is 0. The fraction of sp³-hybridized carbons (Fsp3) is 0.647. The highest BCUT2D eigenvalue weighted by molar-refractivity contribution is 5.32. The van der Waals surface area contributed by atoms with Gasteiger partial charge in [0.15, 0.2) is 5.79 Å². The van der Waals surface area contributed by atoms with Crippen molar-refractivity contribution in [2.75, 3.05) is 13.2 Å². The van der Waals surface area contributed by atoms with Gasteiger partial charge in [-0.2, -0.15) is 0 Å². The highest BCUT2D eigenvalue weighted by Gasteiger charge is 2.43. The summed E-state index contributed by atoms with van der Waals surface area (Å²) in [7, 11) is 0. The molecule has 1 saturated heterocycles. The molecular weight excluding hydrogens is 250 g/mol. The van der Waals surface area contributed by atoms with Crippen LogP contribution >= 0.6 is 0 Å². The molecule has 3 heteroatoms. The van der Waals surface area contributed by atoms with Crippen molar-refractivity contribution in [3.63, 3.8) is 0 Å². The first kappa shape index (κ1) is 14.1. The van der Waals surface area contributed by atoms with E-state index in [0.29, 0.717) is 0 Å². The number of benzene rings is 1. The van der Waals surface area contributed by atoms with E-state index in [-0.39, 0.29) is 11.9 Å². The first-order chi connectivity index (χ1) is 9.69. The minimum atomic E-state index is -0.231. The van der Waals surface area contributed by atoms with Crippen molar-refractivity contribution < 1.29 is 9.47 Å².